The first kappa shape index (κ1) is 30.5. The zero-order valence-electron chi connectivity index (χ0n) is 24.4. The number of nitro groups is 1. The van der Waals surface area contributed by atoms with Crippen molar-refractivity contribution in [3.05, 3.63) is 140 Å². The molecule has 0 fully saturated rings. The molecule has 6 rings (SSSR count). The molecular weight excluding hydrogens is 635 g/mol. The van der Waals surface area contributed by atoms with Gasteiger partial charge in [0.25, 0.3) is 11.2 Å². The Morgan fingerprint density at radius 1 is 1.11 bits per heavy atom. The van der Waals surface area contributed by atoms with Gasteiger partial charge in [-0.25, -0.2) is 9.79 Å². The summed E-state index contributed by atoms with van der Waals surface area (Å²) in [5.74, 6) is -0.633. The average Bonchev–Trinajstić information content (AvgIpc) is 3.50. The number of hydrogen-bond donors (Lipinski definition) is 0. The number of aromatic nitrogens is 2. The van der Waals surface area contributed by atoms with E-state index in [1.807, 2.05) is 48.7 Å². The van der Waals surface area contributed by atoms with Crippen molar-refractivity contribution in [3.63, 3.8) is 0 Å². The molecule has 0 saturated heterocycles. The Balaban J connectivity index is 1.53. The van der Waals surface area contributed by atoms with E-state index in [4.69, 9.17) is 27.9 Å². The number of nitrogens with zero attached hydrogens (tertiary/aromatic N) is 4. The summed E-state index contributed by atoms with van der Waals surface area (Å²) in [6.45, 7) is 5.65. The number of allylic oxidation sites excluding steroid dienone is 1. The molecule has 0 radical (unpaired) electrons. The third-order valence-electron chi connectivity index (χ3n) is 7.71. The molecule has 0 spiro atoms. The topological polar surface area (TPSA) is 109 Å². The van der Waals surface area contributed by atoms with E-state index in [1.54, 1.807) is 39.0 Å². The first-order valence-corrected chi connectivity index (χ1v) is 15.6. The molecule has 2 aromatic heterocycles. The van der Waals surface area contributed by atoms with Crippen LogP contribution in [0.25, 0.3) is 17.0 Å². The van der Waals surface area contributed by atoms with E-state index < -0.39 is 16.9 Å². The summed E-state index contributed by atoms with van der Waals surface area (Å²) in [5, 5.41) is 13.7. The van der Waals surface area contributed by atoms with Crippen molar-refractivity contribution in [2.24, 2.45) is 4.99 Å². The Hall–Kier alpha value is -4.51. The van der Waals surface area contributed by atoms with E-state index in [0.717, 1.165) is 22.0 Å². The van der Waals surface area contributed by atoms with Gasteiger partial charge in [-0.05, 0) is 56.2 Å². The fraction of sp³-hybridized carbons (Fsp3) is 0.182. The van der Waals surface area contributed by atoms with Gasteiger partial charge >= 0.3 is 5.97 Å². The third kappa shape index (κ3) is 5.61. The second-order valence-corrected chi connectivity index (χ2v) is 12.4. The summed E-state index contributed by atoms with van der Waals surface area (Å²) >= 11 is 13.6. The number of carbonyl (C=O) groups is 1. The molecule has 0 unspecified atom stereocenters. The van der Waals surface area contributed by atoms with E-state index in [1.165, 1.54) is 22.0 Å². The standard InChI is InChI=1S/C33H26Cl2N4O5S/c1-4-44-32(41)29-19(3)36-33-38(30(29)21-11-9-18(2)27(14-21)39(42)43)31(40)28(45-33)15-22-17-37(26-8-6-5-7-23(22)26)16-20-10-12-24(34)25(35)13-20/h5-15,17,30H,4,16H2,1-3H3/b28-15+/t30-/m1/s1. The molecule has 0 saturated carbocycles. The summed E-state index contributed by atoms with van der Waals surface area (Å²) in [7, 11) is 0. The Morgan fingerprint density at radius 3 is 2.62 bits per heavy atom. The maximum atomic E-state index is 14.2. The van der Waals surface area contributed by atoms with Gasteiger partial charge in [-0.2, -0.15) is 0 Å². The number of fused-ring (bicyclic) bond motifs is 2. The van der Waals surface area contributed by atoms with E-state index in [-0.39, 0.29) is 23.4 Å². The van der Waals surface area contributed by atoms with E-state index >= 15 is 0 Å². The minimum Gasteiger partial charge on any atom is -0.463 e. The summed E-state index contributed by atoms with van der Waals surface area (Å²) in [4.78, 5) is 43.7. The van der Waals surface area contributed by atoms with Crippen LogP contribution in [-0.4, -0.2) is 26.6 Å². The minimum absolute atomic E-state index is 0.109. The molecule has 3 aromatic carbocycles. The normalized spacial score (nSPS) is 14.9. The Bertz CT molecular complexity index is 2250. The number of ether oxygens (including phenoxy) is 1. The van der Waals surface area contributed by atoms with Gasteiger partial charge < -0.3 is 9.30 Å². The lowest BCUT2D eigenvalue weighted by molar-refractivity contribution is -0.385. The highest BCUT2D eigenvalue weighted by atomic mass is 35.5. The number of halogens is 2. The summed E-state index contributed by atoms with van der Waals surface area (Å²) < 4.78 is 9.25. The second-order valence-electron chi connectivity index (χ2n) is 10.6. The van der Waals surface area contributed by atoms with Crippen molar-refractivity contribution in [1.29, 1.82) is 0 Å². The predicted molar refractivity (Wildman–Crippen MR) is 176 cm³/mol. The van der Waals surface area contributed by atoms with Crippen LogP contribution in [0.4, 0.5) is 5.69 Å². The van der Waals surface area contributed by atoms with Crippen molar-refractivity contribution >= 4 is 63.2 Å². The van der Waals surface area contributed by atoms with Crippen molar-refractivity contribution in [2.75, 3.05) is 6.61 Å². The van der Waals surface area contributed by atoms with E-state index in [0.29, 0.717) is 42.7 Å². The predicted octanol–water partition coefficient (Wildman–Crippen LogP) is 6.32. The number of carbonyl (C=O) groups excluding carboxylic acids is 1. The van der Waals surface area contributed by atoms with Gasteiger partial charge in [-0.3, -0.25) is 19.5 Å². The van der Waals surface area contributed by atoms with Gasteiger partial charge in [0.05, 0.1) is 43.4 Å². The second kappa shape index (κ2) is 12.1. The number of esters is 1. The van der Waals surface area contributed by atoms with Crippen LogP contribution in [-0.2, 0) is 16.1 Å². The maximum absolute atomic E-state index is 14.2. The van der Waals surface area contributed by atoms with Gasteiger partial charge in [-0.15, -0.1) is 0 Å². The fourth-order valence-electron chi connectivity index (χ4n) is 5.60. The van der Waals surface area contributed by atoms with Crippen LogP contribution in [0.2, 0.25) is 10.0 Å². The fourth-order valence-corrected chi connectivity index (χ4v) is 6.96. The highest BCUT2D eigenvalue weighted by Gasteiger charge is 2.34. The SMILES string of the molecule is CCOC(=O)C1=C(C)N=c2s/c(=C/c3cn(Cc4ccc(Cl)c(Cl)c4)c4ccccc34)c(=O)n2[C@@H]1c1ccc(C)c([N+](=O)[O-])c1. The summed E-state index contributed by atoms with van der Waals surface area (Å²) in [6.07, 6.45) is 3.79. The molecule has 0 aliphatic carbocycles. The molecule has 0 amide bonds. The number of rotatable bonds is 7. The van der Waals surface area contributed by atoms with Crippen LogP contribution in [0.3, 0.4) is 0 Å². The number of nitro benzene ring substituents is 1. The summed E-state index contributed by atoms with van der Waals surface area (Å²) in [6, 6.07) is 17.1. The van der Waals surface area contributed by atoms with Gasteiger partial charge in [0.2, 0.25) is 0 Å². The van der Waals surface area contributed by atoms with Gasteiger partial charge in [-0.1, -0.05) is 70.9 Å². The van der Waals surface area contributed by atoms with Crippen LogP contribution in [0.5, 0.6) is 0 Å². The van der Waals surface area contributed by atoms with Crippen LogP contribution < -0.4 is 14.9 Å². The van der Waals surface area contributed by atoms with Crippen molar-refractivity contribution < 1.29 is 14.5 Å². The summed E-state index contributed by atoms with van der Waals surface area (Å²) in [5.41, 5.74) is 3.69. The molecular formula is C33H26Cl2N4O5S. The first-order valence-electron chi connectivity index (χ1n) is 14.0. The third-order valence-corrected chi connectivity index (χ3v) is 9.43. The van der Waals surface area contributed by atoms with Crippen LogP contribution in [0.15, 0.2) is 87.9 Å². The molecule has 12 heteroatoms. The number of aryl methyl sites for hydroxylation is 1. The van der Waals surface area contributed by atoms with E-state index in [9.17, 15) is 19.7 Å². The molecule has 0 bridgehead atoms. The highest BCUT2D eigenvalue weighted by Crippen LogP contribution is 2.33. The lowest BCUT2D eigenvalue weighted by Gasteiger charge is -2.24. The average molecular weight is 662 g/mol. The first-order chi connectivity index (χ1) is 21.6. The van der Waals surface area contributed by atoms with Crippen LogP contribution in [0.1, 0.15) is 42.1 Å². The smallest absolute Gasteiger partial charge is 0.338 e. The number of hydrogen-bond acceptors (Lipinski definition) is 7. The molecule has 1 aliphatic rings. The quantitative estimate of drug-likeness (QED) is 0.115. The van der Waals surface area contributed by atoms with Crippen molar-refractivity contribution in [2.45, 2.75) is 33.4 Å². The zero-order valence-corrected chi connectivity index (χ0v) is 26.7. The number of benzene rings is 3. The Morgan fingerprint density at radius 2 is 1.89 bits per heavy atom. The molecule has 1 atom stereocenters. The van der Waals surface area contributed by atoms with Gasteiger partial charge in [0.1, 0.15) is 0 Å². The zero-order chi connectivity index (χ0) is 32.0. The molecule has 0 N–H and O–H groups in total. The van der Waals surface area contributed by atoms with E-state index in [2.05, 4.69) is 9.56 Å². The lowest BCUT2D eigenvalue weighted by Crippen LogP contribution is -2.40. The lowest BCUT2D eigenvalue weighted by atomic mass is 9.94. The molecule has 9 nitrogen and oxygen atoms in total. The maximum Gasteiger partial charge on any atom is 0.338 e. The molecule has 3 heterocycles. The molecule has 228 valence electrons. The Kier molecular flexibility index (Phi) is 8.22. The largest absolute Gasteiger partial charge is 0.463 e. The van der Waals surface area contributed by atoms with Gasteiger partial charge in [0, 0.05) is 40.8 Å². The van der Waals surface area contributed by atoms with Crippen LogP contribution in [0, 0.1) is 17.0 Å². The highest BCUT2D eigenvalue weighted by molar-refractivity contribution is 7.07. The molecule has 5 aromatic rings. The molecule has 1 aliphatic heterocycles. The minimum atomic E-state index is -0.960. The monoisotopic (exact) mass is 660 g/mol. The number of thiazole rings is 1. The van der Waals surface area contributed by atoms with Crippen LogP contribution >= 0.6 is 34.5 Å². The number of para-hydroxylation sites is 1. The van der Waals surface area contributed by atoms with Crippen molar-refractivity contribution in [3.8, 4) is 0 Å². The molecule has 45 heavy (non-hydrogen) atoms. The van der Waals surface area contributed by atoms with Crippen molar-refractivity contribution in [1.82, 2.24) is 9.13 Å². The Labute approximate surface area is 271 Å². The van der Waals surface area contributed by atoms with Gasteiger partial charge in [0.15, 0.2) is 4.80 Å².